The molecular weight excluding hydrogens is 849 g/mol. The van der Waals surface area contributed by atoms with Crippen molar-refractivity contribution >= 4 is 45.2 Å². The summed E-state index contributed by atoms with van der Waals surface area (Å²) in [6.45, 7) is 12.3. The highest BCUT2D eigenvalue weighted by Gasteiger charge is 2.38. The Labute approximate surface area is 380 Å². The summed E-state index contributed by atoms with van der Waals surface area (Å²) >= 11 is 0. The fourth-order valence-corrected chi connectivity index (χ4v) is 11.5. The molecule has 0 atom stereocenters. The monoisotopic (exact) mass is 910 g/mol. The first-order chi connectivity index (χ1) is 30.7. The van der Waals surface area contributed by atoms with Gasteiger partial charge < -0.3 is 22.1 Å². The van der Waals surface area contributed by atoms with Gasteiger partial charge in [0.15, 0.2) is 11.6 Å². The van der Waals surface area contributed by atoms with E-state index in [0.29, 0.717) is 135 Å². The molecule has 0 spiro atoms. The molecule has 348 valence electrons. The van der Waals surface area contributed by atoms with Crippen LogP contribution < -0.4 is 22.1 Å². The number of carbonyl (C=O) groups is 4. The summed E-state index contributed by atoms with van der Waals surface area (Å²) in [5.74, 6) is -0.977. The number of hydrogen-bond acceptors (Lipinski definition) is 12. The number of fused-ring (bicyclic) bond motifs is 2. The Morgan fingerprint density at radius 2 is 1.02 bits per heavy atom. The smallest absolute Gasteiger partial charge is 0.382 e. The van der Waals surface area contributed by atoms with Crippen molar-refractivity contribution in [3.63, 3.8) is 0 Å². The van der Waals surface area contributed by atoms with Gasteiger partial charge in [0.2, 0.25) is 0 Å². The molecule has 6 N–H and O–H groups in total. The SMILES string of the molecule is CCc1nn(-c2ccc(C(N)=O)c(NC3CCC(OS(=O)(=O)OC4CCC(Nc5cc(-n6nc(CC)c7c6CC(C)(C)CC7=O)ccc5C(N)=O)CC4)CC3)c2)c2c1C(=O)CC(C)(C)C2. The Balaban J connectivity index is 0.867. The normalized spacial score (nSPS) is 22.8. The van der Waals surface area contributed by atoms with Crippen LogP contribution >= 0.6 is 0 Å². The van der Waals surface area contributed by atoms with Gasteiger partial charge in [0.05, 0.1) is 68.6 Å². The molecule has 4 aliphatic rings. The zero-order valence-corrected chi connectivity index (χ0v) is 39.1. The van der Waals surface area contributed by atoms with Gasteiger partial charge in [-0.15, -0.1) is 0 Å². The average molecular weight is 911 g/mol. The molecule has 2 saturated carbocycles. The van der Waals surface area contributed by atoms with Crippen LogP contribution in [-0.4, -0.2) is 75.7 Å². The van der Waals surface area contributed by atoms with E-state index in [0.717, 1.165) is 22.8 Å². The van der Waals surface area contributed by atoms with E-state index < -0.39 is 34.4 Å². The van der Waals surface area contributed by atoms with Crippen LogP contribution in [0.1, 0.15) is 170 Å². The van der Waals surface area contributed by atoms with Crippen LogP contribution in [0.3, 0.4) is 0 Å². The maximum absolute atomic E-state index is 13.2. The summed E-state index contributed by atoms with van der Waals surface area (Å²) in [6.07, 6.45) is 6.48. The summed E-state index contributed by atoms with van der Waals surface area (Å²) in [5, 5.41) is 16.7. The number of nitrogens with two attached hydrogens (primary N) is 2. The van der Waals surface area contributed by atoms with Crippen molar-refractivity contribution < 1.29 is 36.0 Å². The molecule has 2 heterocycles. The van der Waals surface area contributed by atoms with Crippen molar-refractivity contribution in [2.75, 3.05) is 10.6 Å². The molecule has 2 amide bonds. The number of nitrogens with zero attached hydrogens (tertiary/aromatic N) is 4. The molecular formula is C48H62N8O8S. The van der Waals surface area contributed by atoms with E-state index in [1.54, 1.807) is 24.3 Å². The van der Waals surface area contributed by atoms with E-state index >= 15 is 0 Å². The Morgan fingerprint density at radius 3 is 1.35 bits per heavy atom. The number of rotatable bonds is 14. The molecule has 65 heavy (non-hydrogen) atoms. The van der Waals surface area contributed by atoms with Crippen LogP contribution in [-0.2, 0) is 44.4 Å². The van der Waals surface area contributed by atoms with Crippen molar-refractivity contribution in [2.24, 2.45) is 22.3 Å². The molecule has 0 bridgehead atoms. The maximum Gasteiger partial charge on any atom is 0.400 e. The molecule has 2 aromatic carbocycles. The molecule has 2 fully saturated rings. The van der Waals surface area contributed by atoms with Gasteiger partial charge in [0, 0.05) is 36.3 Å². The lowest BCUT2D eigenvalue weighted by Crippen LogP contribution is -2.35. The van der Waals surface area contributed by atoms with Gasteiger partial charge in [0.25, 0.3) is 11.8 Å². The molecule has 17 heteroatoms. The number of aromatic nitrogens is 4. The topological polar surface area (TPSA) is 233 Å². The number of carbonyl (C=O) groups excluding carboxylic acids is 4. The van der Waals surface area contributed by atoms with Crippen molar-refractivity contribution in [1.82, 2.24) is 19.6 Å². The zero-order valence-electron chi connectivity index (χ0n) is 38.3. The first-order valence-corrected chi connectivity index (χ1v) is 24.4. The second-order valence-electron chi connectivity index (χ2n) is 20.0. The number of nitrogens with one attached hydrogen (secondary N) is 2. The van der Waals surface area contributed by atoms with Crippen LogP contribution in [0.4, 0.5) is 11.4 Å². The summed E-state index contributed by atoms with van der Waals surface area (Å²) in [7, 11) is -4.31. The van der Waals surface area contributed by atoms with E-state index in [1.807, 2.05) is 35.3 Å². The fourth-order valence-electron chi connectivity index (χ4n) is 10.4. The van der Waals surface area contributed by atoms with Gasteiger partial charge in [-0.3, -0.25) is 19.2 Å². The van der Waals surface area contributed by atoms with Gasteiger partial charge in [0.1, 0.15) is 0 Å². The summed E-state index contributed by atoms with van der Waals surface area (Å²) in [5.41, 5.74) is 19.0. The third-order valence-corrected chi connectivity index (χ3v) is 14.5. The van der Waals surface area contributed by atoms with Crippen molar-refractivity contribution in [3.05, 3.63) is 81.4 Å². The van der Waals surface area contributed by atoms with Crippen LogP contribution in [0, 0.1) is 10.8 Å². The molecule has 4 aromatic rings. The van der Waals surface area contributed by atoms with Crippen LogP contribution in [0.15, 0.2) is 36.4 Å². The largest absolute Gasteiger partial charge is 0.400 e. The molecule has 2 aromatic heterocycles. The number of primary amides is 2. The molecule has 0 aliphatic heterocycles. The predicted octanol–water partition coefficient (Wildman–Crippen LogP) is 7.12. The van der Waals surface area contributed by atoms with Crippen molar-refractivity contribution in [1.29, 1.82) is 0 Å². The average Bonchev–Trinajstić information content (AvgIpc) is 3.79. The van der Waals surface area contributed by atoms with Gasteiger partial charge in [-0.05, 0) is 124 Å². The lowest BCUT2D eigenvalue weighted by molar-refractivity contribution is 0.0847. The van der Waals surface area contributed by atoms with Crippen LogP contribution in [0.5, 0.6) is 0 Å². The molecule has 0 unspecified atom stereocenters. The summed E-state index contributed by atoms with van der Waals surface area (Å²) in [4.78, 5) is 51.5. The quantitative estimate of drug-likeness (QED) is 0.0991. The number of benzene rings is 2. The highest BCUT2D eigenvalue weighted by Crippen LogP contribution is 2.40. The zero-order chi connectivity index (χ0) is 46.6. The van der Waals surface area contributed by atoms with E-state index in [-0.39, 0.29) is 34.5 Å². The first-order valence-electron chi connectivity index (χ1n) is 23.0. The second-order valence-corrected chi connectivity index (χ2v) is 21.2. The van der Waals surface area contributed by atoms with Gasteiger partial charge >= 0.3 is 10.4 Å². The summed E-state index contributed by atoms with van der Waals surface area (Å²) in [6, 6.07) is 10.5. The van der Waals surface area contributed by atoms with Crippen molar-refractivity contribution in [2.45, 2.75) is 156 Å². The Hall–Kier alpha value is -5.39. The van der Waals surface area contributed by atoms with E-state index in [4.69, 9.17) is 30.0 Å². The number of amides is 2. The highest BCUT2D eigenvalue weighted by molar-refractivity contribution is 7.81. The molecule has 0 radical (unpaired) electrons. The number of hydrogen-bond donors (Lipinski definition) is 4. The third-order valence-electron chi connectivity index (χ3n) is 13.5. The van der Waals surface area contributed by atoms with E-state index in [9.17, 15) is 27.6 Å². The standard InChI is InChI=1S/C48H62N8O8S/c1-7-35-43-39(23-47(3,4)25-41(43)57)55(53-35)29-13-19-33(45(49)59)37(21-29)51-27-9-15-31(16-10-27)63-65(61,62)64-32-17-11-28(12-18-32)52-38-22-30(14-20-34(38)46(50)60)56-40-24-48(5,6)26-42(58)44(40)36(8-2)54-56/h13-14,19-22,27-28,31-32,51-52H,7-12,15-18,23-26H2,1-6H3,(H2,49,59)(H2,50,60). The number of aryl methyl sites for hydroxylation is 2. The molecule has 8 rings (SSSR count). The minimum atomic E-state index is -4.31. The van der Waals surface area contributed by atoms with Crippen molar-refractivity contribution in [3.8, 4) is 11.4 Å². The van der Waals surface area contributed by atoms with Gasteiger partial charge in [-0.2, -0.15) is 18.6 Å². The minimum Gasteiger partial charge on any atom is -0.382 e. The Kier molecular flexibility index (Phi) is 12.6. The fraction of sp³-hybridized carbons (Fsp3) is 0.542. The summed E-state index contributed by atoms with van der Waals surface area (Å²) < 4.78 is 41.3. The Bertz CT molecular complexity index is 2480. The number of ketones is 2. The lowest BCUT2D eigenvalue weighted by atomic mass is 9.75. The first kappa shape index (κ1) is 46.2. The Morgan fingerprint density at radius 1 is 0.646 bits per heavy atom. The number of Topliss-reactive ketones (excluding diaryl/α,β-unsaturated/α-hetero) is 2. The van der Waals surface area contributed by atoms with Gasteiger partial charge in [-0.25, -0.2) is 17.7 Å². The lowest BCUT2D eigenvalue weighted by Gasteiger charge is -2.32. The van der Waals surface area contributed by atoms with Crippen LogP contribution in [0.25, 0.3) is 11.4 Å². The second kappa shape index (κ2) is 17.8. The third kappa shape index (κ3) is 9.78. The molecule has 0 saturated heterocycles. The predicted molar refractivity (Wildman–Crippen MR) is 246 cm³/mol. The van der Waals surface area contributed by atoms with Gasteiger partial charge in [-0.1, -0.05) is 41.5 Å². The number of anilines is 2. The van der Waals surface area contributed by atoms with Crippen LogP contribution in [0.2, 0.25) is 0 Å². The molecule has 4 aliphatic carbocycles. The van der Waals surface area contributed by atoms with E-state index in [1.165, 1.54) is 0 Å². The molecule has 16 nitrogen and oxygen atoms in total. The van der Waals surface area contributed by atoms with E-state index in [2.05, 4.69) is 38.3 Å². The maximum atomic E-state index is 13.2. The minimum absolute atomic E-state index is 0.0846. The highest BCUT2D eigenvalue weighted by atomic mass is 32.3.